The van der Waals surface area contributed by atoms with Gasteiger partial charge in [0.15, 0.2) is 0 Å². The van der Waals surface area contributed by atoms with Crippen molar-refractivity contribution in [1.29, 1.82) is 0 Å². The molecule has 1 unspecified atom stereocenters. The van der Waals surface area contributed by atoms with Crippen LogP contribution >= 0.6 is 0 Å². The molecule has 0 bridgehead atoms. The normalized spacial score (nSPS) is 15.7. The highest BCUT2D eigenvalue weighted by molar-refractivity contribution is 5.94. The lowest BCUT2D eigenvalue weighted by molar-refractivity contribution is 0.0951. The molecular formula is C17H26N2O. The molecule has 1 aliphatic carbocycles. The van der Waals surface area contributed by atoms with E-state index in [4.69, 9.17) is 0 Å². The third-order valence-corrected chi connectivity index (χ3v) is 3.83. The molecule has 110 valence electrons. The van der Waals surface area contributed by atoms with E-state index in [0.717, 1.165) is 30.5 Å². The van der Waals surface area contributed by atoms with Gasteiger partial charge in [0.05, 0.1) is 0 Å². The van der Waals surface area contributed by atoms with Gasteiger partial charge >= 0.3 is 0 Å². The van der Waals surface area contributed by atoms with E-state index in [0.29, 0.717) is 12.1 Å². The standard InChI is InChI=1S/C17H26N2O/c1-3-5-6-14(4-2)18-15-9-7-13(8-10-15)17(20)19-16-11-12-16/h7-10,14,16,18H,3-6,11-12H2,1-2H3,(H,19,20). The molecule has 1 saturated carbocycles. The highest BCUT2D eigenvalue weighted by Gasteiger charge is 2.23. The first kappa shape index (κ1) is 14.9. The van der Waals surface area contributed by atoms with Crippen molar-refractivity contribution in [1.82, 2.24) is 5.32 Å². The summed E-state index contributed by atoms with van der Waals surface area (Å²) in [5, 5.41) is 6.56. The number of nitrogens with one attached hydrogen (secondary N) is 2. The second-order valence-electron chi connectivity index (χ2n) is 5.72. The fraction of sp³-hybridized carbons (Fsp3) is 0.588. The van der Waals surface area contributed by atoms with Crippen molar-refractivity contribution in [2.75, 3.05) is 5.32 Å². The summed E-state index contributed by atoms with van der Waals surface area (Å²) in [4.78, 5) is 11.9. The molecule has 3 heteroatoms. The molecule has 2 rings (SSSR count). The zero-order valence-electron chi connectivity index (χ0n) is 12.6. The molecule has 0 saturated heterocycles. The molecule has 1 aliphatic rings. The predicted molar refractivity (Wildman–Crippen MR) is 84.2 cm³/mol. The summed E-state index contributed by atoms with van der Waals surface area (Å²) in [5.74, 6) is 0.0528. The number of benzene rings is 1. The first-order valence-electron chi connectivity index (χ1n) is 7.90. The fourth-order valence-corrected chi connectivity index (χ4v) is 2.28. The van der Waals surface area contributed by atoms with Crippen LogP contribution in [-0.2, 0) is 0 Å². The van der Waals surface area contributed by atoms with Gasteiger partial charge in [-0.05, 0) is 49.9 Å². The Balaban J connectivity index is 1.87. The average Bonchev–Trinajstić information content (AvgIpc) is 3.28. The Hall–Kier alpha value is -1.51. The minimum Gasteiger partial charge on any atom is -0.382 e. The van der Waals surface area contributed by atoms with Crippen LogP contribution in [0.25, 0.3) is 0 Å². The highest BCUT2D eigenvalue weighted by Crippen LogP contribution is 2.20. The Morgan fingerprint density at radius 1 is 1.25 bits per heavy atom. The van der Waals surface area contributed by atoms with Gasteiger partial charge in [-0.3, -0.25) is 4.79 Å². The Morgan fingerprint density at radius 2 is 1.95 bits per heavy atom. The first-order chi connectivity index (χ1) is 9.72. The molecule has 0 aromatic heterocycles. The maximum Gasteiger partial charge on any atom is 0.251 e. The van der Waals surface area contributed by atoms with E-state index >= 15 is 0 Å². The second kappa shape index (κ2) is 7.32. The summed E-state index contributed by atoms with van der Waals surface area (Å²) in [6.07, 6.45) is 7.08. The largest absolute Gasteiger partial charge is 0.382 e. The van der Waals surface area contributed by atoms with Crippen LogP contribution in [0, 0.1) is 0 Å². The van der Waals surface area contributed by atoms with Crippen molar-refractivity contribution in [3.63, 3.8) is 0 Å². The molecule has 20 heavy (non-hydrogen) atoms. The molecule has 0 radical (unpaired) electrons. The number of carbonyl (C=O) groups is 1. The van der Waals surface area contributed by atoms with E-state index in [1.54, 1.807) is 0 Å². The number of carbonyl (C=O) groups excluding carboxylic acids is 1. The van der Waals surface area contributed by atoms with E-state index in [1.807, 2.05) is 24.3 Å². The molecule has 0 heterocycles. The lowest BCUT2D eigenvalue weighted by Gasteiger charge is -2.18. The molecule has 1 atom stereocenters. The Bertz CT molecular complexity index is 423. The van der Waals surface area contributed by atoms with Crippen LogP contribution in [-0.4, -0.2) is 18.0 Å². The van der Waals surface area contributed by atoms with Gasteiger partial charge < -0.3 is 10.6 Å². The van der Waals surface area contributed by atoms with Crippen LogP contribution in [0.3, 0.4) is 0 Å². The number of hydrogen-bond acceptors (Lipinski definition) is 2. The maximum atomic E-state index is 11.9. The fourth-order valence-electron chi connectivity index (χ4n) is 2.28. The summed E-state index contributed by atoms with van der Waals surface area (Å²) in [7, 11) is 0. The van der Waals surface area contributed by atoms with E-state index in [2.05, 4.69) is 24.5 Å². The molecule has 0 aliphatic heterocycles. The van der Waals surface area contributed by atoms with E-state index in [-0.39, 0.29) is 5.91 Å². The lowest BCUT2D eigenvalue weighted by Crippen LogP contribution is -2.25. The zero-order valence-corrected chi connectivity index (χ0v) is 12.6. The van der Waals surface area contributed by atoms with Gasteiger partial charge in [0.1, 0.15) is 0 Å². The minimum absolute atomic E-state index is 0.0528. The van der Waals surface area contributed by atoms with Crippen LogP contribution in [0.15, 0.2) is 24.3 Å². The summed E-state index contributed by atoms with van der Waals surface area (Å²) in [6.45, 7) is 4.44. The summed E-state index contributed by atoms with van der Waals surface area (Å²) in [6, 6.07) is 8.78. The van der Waals surface area contributed by atoms with Crippen molar-refractivity contribution in [2.24, 2.45) is 0 Å². The first-order valence-corrected chi connectivity index (χ1v) is 7.90. The quantitative estimate of drug-likeness (QED) is 0.753. The third kappa shape index (κ3) is 4.55. The van der Waals surface area contributed by atoms with Crippen molar-refractivity contribution in [3.8, 4) is 0 Å². The van der Waals surface area contributed by atoms with Gasteiger partial charge in [0.25, 0.3) is 5.91 Å². The third-order valence-electron chi connectivity index (χ3n) is 3.83. The summed E-state index contributed by atoms with van der Waals surface area (Å²) in [5.41, 5.74) is 1.86. The van der Waals surface area contributed by atoms with Gasteiger partial charge in [-0.1, -0.05) is 26.7 Å². The number of rotatable bonds is 8. The van der Waals surface area contributed by atoms with Crippen LogP contribution < -0.4 is 10.6 Å². The average molecular weight is 274 g/mol. The summed E-state index contributed by atoms with van der Waals surface area (Å²) < 4.78 is 0. The highest BCUT2D eigenvalue weighted by atomic mass is 16.1. The summed E-state index contributed by atoms with van der Waals surface area (Å²) >= 11 is 0. The van der Waals surface area contributed by atoms with Gasteiger partial charge in [-0.25, -0.2) is 0 Å². The number of anilines is 1. The van der Waals surface area contributed by atoms with Gasteiger partial charge in [0.2, 0.25) is 0 Å². The Morgan fingerprint density at radius 3 is 2.50 bits per heavy atom. The molecule has 1 aromatic rings. The van der Waals surface area contributed by atoms with Gasteiger partial charge in [-0.2, -0.15) is 0 Å². The molecule has 1 fully saturated rings. The molecule has 0 spiro atoms. The monoisotopic (exact) mass is 274 g/mol. The van der Waals surface area contributed by atoms with Gasteiger partial charge in [-0.15, -0.1) is 0 Å². The van der Waals surface area contributed by atoms with Gasteiger partial charge in [0, 0.05) is 23.3 Å². The molecular weight excluding hydrogens is 248 g/mol. The van der Waals surface area contributed by atoms with Crippen LogP contribution in [0.2, 0.25) is 0 Å². The smallest absolute Gasteiger partial charge is 0.251 e. The number of amides is 1. The lowest BCUT2D eigenvalue weighted by atomic mass is 10.1. The van der Waals surface area contributed by atoms with E-state index in [1.165, 1.54) is 19.3 Å². The Labute approximate surface area is 122 Å². The molecule has 3 nitrogen and oxygen atoms in total. The van der Waals surface area contributed by atoms with Crippen LogP contribution in [0.4, 0.5) is 5.69 Å². The zero-order chi connectivity index (χ0) is 14.4. The Kier molecular flexibility index (Phi) is 5.45. The van der Waals surface area contributed by atoms with Crippen molar-refractivity contribution in [3.05, 3.63) is 29.8 Å². The molecule has 1 amide bonds. The minimum atomic E-state index is 0.0528. The second-order valence-corrected chi connectivity index (χ2v) is 5.72. The van der Waals surface area contributed by atoms with Crippen LogP contribution in [0.5, 0.6) is 0 Å². The number of hydrogen-bond donors (Lipinski definition) is 2. The predicted octanol–water partition coefficient (Wildman–Crippen LogP) is 3.96. The van der Waals surface area contributed by atoms with Crippen molar-refractivity contribution in [2.45, 2.75) is 64.5 Å². The SMILES string of the molecule is CCCCC(CC)Nc1ccc(C(=O)NC2CC2)cc1. The molecule has 1 aromatic carbocycles. The van der Waals surface area contributed by atoms with Crippen molar-refractivity contribution < 1.29 is 4.79 Å². The van der Waals surface area contributed by atoms with Crippen LogP contribution in [0.1, 0.15) is 62.7 Å². The number of unbranched alkanes of at least 4 members (excludes halogenated alkanes) is 1. The van der Waals surface area contributed by atoms with Crippen molar-refractivity contribution >= 4 is 11.6 Å². The maximum absolute atomic E-state index is 11.9. The molecule has 2 N–H and O–H groups in total. The topological polar surface area (TPSA) is 41.1 Å². The van der Waals surface area contributed by atoms with E-state index < -0.39 is 0 Å². The van der Waals surface area contributed by atoms with E-state index in [9.17, 15) is 4.79 Å².